The molecule has 0 radical (unpaired) electrons. The number of carbonyl (C=O) groups excluding carboxylic acids is 1. The van der Waals surface area contributed by atoms with Gasteiger partial charge in [-0.05, 0) is 49.2 Å². The molecule has 2 aromatic rings. The third-order valence-electron chi connectivity index (χ3n) is 4.09. The van der Waals surface area contributed by atoms with Crippen molar-refractivity contribution in [1.29, 1.82) is 0 Å². The molecule has 0 aliphatic heterocycles. The first kappa shape index (κ1) is 16.5. The molecule has 1 fully saturated rings. The van der Waals surface area contributed by atoms with E-state index in [0.717, 1.165) is 25.7 Å². The van der Waals surface area contributed by atoms with Crippen molar-refractivity contribution in [3.05, 3.63) is 54.6 Å². The Labute approximate surface area is 141 Å². The van der Waals surface area contributed by atoms with Gasteiger partial charge in [-0.1, -0.05) is 31.0 Å². The van der Waals surface area contributed by atoms with Gasteiger partial charge in [0.05, 0.1) is 0 Å². The van der Waals surface area contributed by atoms with Gasteiger partial charge in [0.15, 0.2) is 0 Å². The minimum atomic E-state index is -3.85. The lowest BCUT2D eigenvalue weighted by molar-refractivity contribution is -0.119. The van der Waals surface area contributed by atoms with E-state index in [9.17, 15) is 13.2 Å². The fraction of sp³-hybridized carbons (Fsp3) is 0.278. The second-order valence-corrected chi connectivity index (χ2v) is 7.39. The lowest BCUT2D eigenvalue weighted by atomic mass is 10.1. The van der Waals surface area contributed by atoms with Crippen LogP contribution in [0.2, 0.25) is 0 Å². The number of hydrogen-bond acceptors (Lipinski definition) is 4. The van der Waals surface area contributed by atoms with Crippen LogP contribution in [-0.4, -0.2) is 14.3 Å². The Balaban J connectivity index is 1.65. The van der Waals surface area contributed by atoms with Gasteiger partial charge in [0.1, 0.15) is 10.6 Å². The third-order valence-corrected chi connectivity index (χ3v) is 5.35. The van der Waals surface area contributed by atoms with Crippen LogP contribution in [0.5, 0.6) is 5.75 Å². The monoisotopic (exact) mass is 345 g/mol. The summed E-state index contributed by atoms with van der Waals surface area (Å²) >= 11 is 0. The fourth-order valence-electron chi connectivity index (χ4n) is 2.79. The van der Waals surface area contributed by atoms with Crippen LogP contribution in [0.25, 0.3) is 0 Å². The van der Waals surface area contributed by atoms with Crippen LogP contribution in [-0.2, 0) is 14.9 Å². The molecule has 24 heavy (non-hydrogen) atoms. The van der Waals surface area contributed by atoms with E-state index in [1.807, 2.05) is 0 Å². The van der Waals surface area contributed by atoms with Crippen LogP contribution in [0.1, 0.15) is 25.7 Å². The Morgan fingerprint density at radius 3 is 2.21 bits per heavy atom. The molecular weight excluding hydrogens is 326 g/mol. The van der Waals surface area contributed by atoms with Crippen molar-refractivity contribution < 1.29 is 17.4 Å². The second-order valence-electron chi connectivity index (χ2n) is 5.85. The Bertz CT molecular complexity index is 795. The Morgan fingerprint density at radius 2 is 1.58 bits per heavy atom. The van der Waals surface area contributed by atoms with Gasteiger partial charge >= 0.3 is 10.1 Å². The van der Waals surface area contributed by atoms with Crippen LogP contribution >= 0.6 is 0 Å². The van der Waals surface area contributed by atoms with Gasteiger partial charge in [-0.25, -0.2) is 0 Å². The van der Waals surface area contributed by atoms with E-state index >= 15 is 0 Å². The average Bonchev–Trinajstić information content (AvgIpc) is 3.12. The zero-order valence-electron chi connectivity index (χ0n) is 13.1. The second kappa shape index (κ2) is 7.05. The smallest absolute Gasteiger partial charge is 0.339 e. The standard InChI is InChI=1S/C18H19NO4S/c20-18(14-6-4-5-7-14)19-15-10-12-16(13-11-15)23-24(21,22)17-8-2-1-3-9-17/h1-3,8-14H,4-7H2,(H,19,20). The lowest BCUT2D eigenvalue weighted by Crippen LogP contribution is -2.20. The van der Waals surface area contributed by atoms with Crippen molar-refractivity contribution in [2.45, 2.75) is 30.6 Å². The van der Waals surface area contributed by atoms with Gasteiger partial charge in [0.25, 0.3) is 0 Å². The van der Waals surface area contributed by atoms with Crippen LogP contribution in [0.4, 0.5) is 5.69 Å². The maximum atomic E-state index is 12.1. The zero-order valence-corrected chi connectivity index (χ0v) is 14.0. The summed E-state index contributed by atoms with van der Waals surface area (Å²) < 4.78 is 29.4. The fourth-order valence-corrected chi connectivity index (χ4v) is 3.74. The summed E-state index contributed by atoms with van der Waals surface area (Å²) in [5, 5.41) is 2.86. The molecule has 1 aliphatic carbocycles. The first-order chi connectivity index (χ1) is 11.5. The van der Waals surface area contributed by atoms with E-state index in [2.05, 4.69) is 5.32 Å². The van der Waals surface area contributed by atoms with E-state index in [0.29, 0.717) is 5.69 Å². The normalized spacial score (nSPS) is 15.2. The van der Waals surface area contributed by atoms with Gasteiger partial charge in [-0.2, -0.15) is 8.42 Å². The number of rotatable bonds is 5. The van der Waals surface area contributed by atoms with Crippen molar-refractivity contribution in [1.82, 2.24) is 0 Å². The molecule has 0 aromatic heterocycles. The van der Waals surface area contributed by atoms with Crippen LogP contribution in [0.15, 0.2) is 59.5 Å². The molecule has 0 unspecified atom stereocenters. The van der Waals surface area contributed by atoms with Crippen molar-refractivity contribution >= 4 is 21.7 Å². The predicted molar refractivity (Wildman–Crippen MR) is 91.3 cm³/mol. The van der Waals surface area contributed by atoms with Gasteiger partial charge < -0.3 is 9.50 Å². The summed E-state index contributed by atoms with van der Waals surface area (Å²) in [4.78, 5) is 12.2. The number of hydrogen-bond donors (Lipinski definition) is 1. The molecule has 126 valence electrons. The molecule has 0 saturated heterocycles. The number of amides is 1. The van der Waals surface area contributed by atoms with Crippen molar-refractivity contribution in [2.24, 2.45) is 5.92 Å². The molecule has 0 atom stereocenters. The molecule has 1 aliphatic rings. The molecule has 0 spiro atoms. The third kappa shape index (κ3) is 3.94. The summed E-state index contributed by atoms with van der Waals surface area (Å²) in [6.45, 7) is 0. The summed E-state index contributed by atoms with van der Waals surface area (Å²) in [6.07, 6.45) is 4.06. The topological polar surface area (TPSA) is 72.5 Å². The van der Waals surface area contributed by atoms with Crippen molar-refractivity contribution in [2.75, 3.05) is 5.32 Å². The summed E-state index contributed by atoms with van der Waals surface area (Å²) in [7, 11) is -3.85. The van der Waals surface area contributed by atoms with Crippen LogP contribution < -0.4 is 9.50 Å². The zero-order chi connectivity index (χ0) is 17.0. The molecule has 0 bridgehead atoms. The highest BCUT2D eigenvalue weighted by Gasteiger charge is 2.22. The first-order valence-corrected chi connectivity index (χ1v) is 9.36. The number of nitrogens with one attached hydrogen (secondary N) is 1. The molecule has 1 N–H and O–H groups in total. The van der Waals surface area contributed by atoms with Crippen LogP contribution in [0, 0.1) is 5.92 Å². The minimum absolute atomic E-state index is 0.0260. The van der Waals surface area contributed by atoms with Crippen molar-refractivity contribution in [3.63, 3.8) is 0 Å². The Kier molecular flexibility index (Phi) is 4.85. The summed E-state index contributed by atoms with van der Waals surface area (Å²) in [5.74, 6) is 0.315. The molecule has 3 rings (SSSR count). The maximum Gasteiger partial charge on any atom is 0.339 e. The highest BCUT2D eigenvalue weighted by Crippen LogP contribution is 2.26. The lowest BCUT2D eigenvalue weighted by Gasteiger charge is -2.11. The molecule has 5 nitrogen and oxygen atoms in total. The van der Waals surface area contributed by atoms with Gasteiger partial charge in [0, 0.05) is 11.6 Å². The number of benzene rings is 2. The molecule has 1 amide bonds. The SMILES string of the molecule is O=C(Nc1ccc(OS(=O)(=O)c2ccccc2)cc1)C1CCCC1. The molecule has 0 heterocycles. The Morgan fingerprint density at radius 1 is 0.958 bits per heavy atom. The highest BCUT2D eigenvalue weighted by atomic mass is 32.2. The van der Waals surface area contributed by atoms with E-state index in [1.54, 1.807) is 30.3 Å². The van der Waals surface area contributed by atoms with Crippen molar-refractivity contribution in [3.8, 4) is 5.75 Å². The number of anilines is 1. The van der Waals surface area contributed by atoms with E-state index < -0.39 is 10.1 Å². The summed E-state index contributed by atoms with van der Waals surface area (Å²) in [5.41, 5.74) is 0.636. The quantitative estimate of drug-likeness (QED) is 0.841. The Hall–Kier alpha value is -2.34. The molecule has 1 saturated carbocycles. The largest absolute Gasteiger partial charge is 0.379 e. The van der Waals surface area contributed by atoms with Crippen LogP contribution in [0.3, 0.4) is 0 Å². The van der Waals surface area contributed by atoms with Gasteiger partial charge in [-0.15, -0.1) is 0 Å². The number of carbonyl (C=O) groups is 1. The van der Waals surface area contributed by atoms with E-state index in [-0.39, 0.29) is 22.5 Å². The highest BCUT2D eigenvalue weighted by molar-refractivity contribution is 7.87. The summed E-state index contributed by atoms with van der Waals surface area (Å²) in [6, 6.07) is 14.3. The maximum absolute atomic E-state index is 12.1. The van der Waals surface area contributed by atoms with E-state index in [4.69, 9.17) is 4.18 Å². The van der Waals surface area contributed by atoms with E-state index in [1.165, 1.54) is 24.3 Å². The van der Waals surface area contributed by atoms with Gasteiger partial charge in [0.2, 0.25) is 5.91 Å². The van der Waals surface area contributed by atoms with Gasteiger partial charge in [-0.3, -0.25) is 4.79 Å². The molecular formula is C18H19NO4S. The molecule has 2 aromatic carbocycles. The predicted octanol–water partition coefficient (Wildman–Crippen LogP) is 3.58. The first-order valence-electron chi connectivity index (χ1n) is 7.95. The average molecular weight is 345 g/mol. The minimum Gasteiger partial charge on any atom is -0.379 e. The molecule has 6 heteroatoms.